The van der Waals surface area contributed by atoms with Gasteiger partial charge < -0.3 is 0 Å². The second-order valence-electron chi connectivity index (χ2n) is 3.64. The Kier molecular flexibility index (Phi) is 3.60. The van der Waals surface area contributed by atoms with Gasteiger partial charge >= 0.3 is 0 Å². The van der Waals surface area contributed by atoms with Crippen molar-refractivity contribution >= 4 is 33.3 Å². The Labute approximate surface area is 113 Å². The number of aromatic nitrogens is 1. The highest BCUT2D eigenvalue weighted by atomic mass is 79.9. The average Bonchev–Trinajstić information content (AvgIpc) is 2.32. The third-order valence-corrected chi connectivity index (χ3v) is 3.17. The first kappa shape index (κ1) is 12.3. The van der Waals surface area contributed by atoms with Crippen LogP contribution in [0.3, 0.4) is 0 Å². The Morgan fingerprint density at radius 1 is 1.29 bits per heavy atom. The number of carbonyl (C=O) groups excluding carboxylic acids is 1. The maximum Gasteiger partial charge on any atom is 0.196 e. The molecule has 0 unspecified atom stereocenters. The van der Waals surface area contributed by atoms with Crippen LogP contribution in [0.5, 0.6) is 0 Å². The van der Waals surface area contributed by atoms with E-state index in [1.807, 2.05) is 6.92 Å². The van der Waals surface area contributed by atoms with Crippen LogP contribution in [-0.4, -0.2) is 10.8 Å². The zero-order chi connectivity index (χ0) is 12.4. The molecule has 86 valence electrons. The average molecular weight is 311 g/mol. The first-order chi connectivity index (χ1) is 8.08. The maximum atomic E-state index is 12.2. The molecule has 0 aliphatic rings. The van der Waals surface area contributed by atoms with E-state index in [2.05, 4.69) is 20.9 Å². The van der Waals surface area contributed by atoms with Gasteiger partial charge in [0, 0.05) is 27.5 Å². The first-order valence-electron chi connectivity index (χ1n) is 5.00. The summed E-state index contributed by atoms with van der Waals surface area (Å²) in [7, 11) is 0. The molecule has 0 saturated heterocycles. The zero-order valence-corrected chi connectivity index (χ0v) is 11.4. The van der Waals surface area contributed by atoms with Crippen molar-refractivity contribution in [2.45, 2.75) is 6.92 Å². The molecule has 2 aromatic rings. The summed E-state index contributed by atoms with van der Waals surface area (Å²) in [6.07, 6.45) is 1.56. The van der Waals surface area contributed by atoms with Gasteiger partial charge in [-0.25, -0.2) is 0 Å². The number of ketones is 1. The lowest BCUT2D eigenvalue weighted by Gasteiger charge is -2.04. The van der Waals surface area contributed by atoms with Crippen LogP contribution in [0.15, 0.2) is 41.0 Å². The van der Waals surface area contributed by atoms with Gasteiger partial charge in [-0.05, 0) is 37.3 Å². The van der Waals surface area contributed by atoms with E-state index in [0.29, 0.717) is 16.1 Å². The summed E-state index contributed by atoms with van der Waals surface area (Å²) in [6.45, 7) is 1.88. The lowest BCUT2D eigenvalue weighted by molar-refractivity contribution is 0.103. The van der Waals surface area contributed by atoms with E-state index in [1.54, 1.807) is 36.5 Å². The van der Waals surface area contributed by atoms with Gasteiger partial charge in [-0.3, -0.25) is 9.78 Å². The summed E-state index contributed by atoms with van der Waals surface area (Å²) in [5.74, 6) is -0.121. The SMILES string of the molecule is Cc1ccc(C(=O)c2cc(Br)ccc2Cl)cn1. The molecule has 0 fully saturated rings. The van der Waals surface area contributed by atoms with E-state index < -0.39 is 0 Å². The number of rotatable bonds is 2. The minimum Gasteiger partial charge on any atom is -0.288 e. The summed E-state index contributed by atoms with van der Waals surface area (Å²) in [5, 5.41) is 0.443. The molecule has 0 spiro atoms. The molecule has 2 nitrogen and oxygen atoms in total. The van der Waals surface area contributed by atoms with Gasteiger partial charge in [0.05, 0.1) is 5.02 Å². The second-order valence-corrected chi connectivity index (χ2v) is 4.96. The van der Waals surface area contributed by atoms with Crippen molar-refractivity contribution in [1.82, 2.24) is 4.98 Å². The fraction of sp³-hybridized carbons (Fsp3) is 0.0769. The van der Waals surface area contributed by atoms with Crippen LogP contribution in [0, 0.1) is 6.92 Å². The summed E-state index contributed by atoms with van der Waals surface area (Å²) >= 11 is 9.33. The molecule has 0 saturated carbocycles. The van der Waals surface area contributed by atoms with E-state index in [4.69, 9.17) is 11.6 Å². The third-order valence-electron chi connectivity index (χ3n) is 2.35. The van der Waals surface area contributed by atoms with Crippen molar-refractivity contribution in [1.29, 1.82) is 0 Å². The van der Waals surface area contributed by atoms with Gasteiger partial charge in [-0.1, -0.05) is 27.5 Å². The van der Waals surface area contributed by atoms with E-state index in [0.717, 1.165) is 10.2 Å². The summed E-state index contributed by atoms with van der Waals surface area (Å²) in [6, 6.07) is 8.76. The Hall–Kier alpha value is -1.19. The van der Waals surface area contributed by atoms with Crippen molar-refractivity contribution in [3.8, 4) is 0 Å². The van der Waals surface area contributed by atoms with Gasteiger partial charge in [-0.2, -0.15) is 0 Å². The Morgan fingerprint density at radius 2 is 2.06 bits per heavy atom. The van der Waals surface area contributed by atoms with E-state index in [1.165, 1.54) is 0 Å². The van der Waals surface area contributed by atoms with E-state index in [-0.39, 0.29) is 5.78 Å². The highest BCUT2D eigenvalue weighted by Gasteiger charge is 2.13. The van der Waals surface area contributed by atoms with Crippen molar-refractivity contribution in [2.75, 3.05) is 0 Å². The number of pyridine rings is 1. The third kappa shape index (κ3) is 2.73. The minimum atomic E-state index is -0.121. The molecule has 1 heterocycles. The lowest BCUT2D eigenvalue weighted by atomic mass is 10.0. The second kappa shape index (κ2) is 4.98. The Balaban J connectivity index is 2.43. The molecular weight excluding hydrogens is 302 g/mol. The molecule has 0 radical (unpaired) electrons. The number of nitrogens with zero attached hydrogens (tertiary/aromatic N) is 1. The van der Waals surface area contributed by atoms with Crippen molar-refractivity contribution in [3.05, 3.63) is 62.8 Å². The Bertz CT molecular complexity index is 566. The van der Waals surface area contributed by atoms with Gasteiger partial charge in [-0.15, -0.1) is 0 Å². The van der Waals surface area contributed by atoms with Gasteiger partial charge in [0.2, 0.25) is 0 Å². The van der Waals surface area contributed by atoms with Crippen LogP contribution in [0.1, 0.15) is 21.6 Å². The highest BCUT2D eigenvalue weighted by Crippen LogP contribution is 2.23. The smallest absolute Gasteiger partial charge is 0.196 e. The van der Waals surface area contributed by atoms with Gasteiger partial charge in [0.25, 0.3) is 0 Å². The number of carbonyl (C=O) groups is 1. The molecule has 0 atom stereocenters. The van der Waals surface area contributed by atoms with Crippen molar-refractivity contribution in [3.63, 3.8) is 0 Å². The van der Waals surface area contributed by atoms with Crippen LogP contribution >= 0.6 is 27.5 Å². The van der Waals surface area contributed by atoms with Crippen LogP contribution < -0.4 is 0 Å². The molecule has 0 bridgehead atoms. The molecule has 0 amide bonds. The molecule has 17 heavy (non-hydrogen) atoms. The normalized spacial score (nSPS) is 10.3. The molecular formula is C13H9BrClNO. The number of halogens is 2. The molecule has 0 aliphatic carbocycles. The fourth-order valence-corrected chi connectivity index (χ4v) is 1.99. The lowest BCUT2D eigenvalue weighted by Crippen LogP contribution is -2.03. The highest BCUT2D eigenvalue weighted by molar-refractivity contribution is 9.10. The van der Waals surface area contributed by atoms with Crippen LogP contribution in [0.25, 0.3) is 0 Å². The van der Waals surface area contributed by atoms with Crippen LogP contribution in [0.2, 0.25) is 5.02 Å². The van der Waals surface area contributed by atoms with Gasteiger partial charge in [0.1, 0.15) is 0 Å². The number of benzene rings is 1. The quantitative estimate of drug-likeness (QED) is 0.784. The predicted octanol–water partition coefficient (Wildman–Crippen LogP) is 4.04. The molecule has 1 aromatic heterocycles. The molecule has 0 N–H and O–H groups in total. The standard InChI is InChI=1S/C13H9BrClNO/c1-8-2-3-9(7-16-8)13(17)11-6-10(14)4-5-12(11)15/h2-7H,1H3. The van der Waals surface area contributed by atoms with E-state index >= 15 is 0 Å². The molecule has 2 rings (SSSR count). The Morgan fingerprint density at radius 3 is 2.71 bits per heavy atom. The number of hydrogen-bond donors (Lipinski definition) is 0. The minimum absolute atomic E-state index is 0.121. The summed E-state index contributed by atoms with van der Waals surface area (Å²) in [5.41, 5.74) is 1.89. The van der Waals surface area contributed by atoms with Gasteiger partial charge in [0.15, 0.2) is 5.78 Å². The summed E-state index contributed by atoms with van der Waals surface area (Å²) < 4.78 is 0.824. The fourth-order valence-electron chi connectivity index (χ4n) is 1.43. The number of aryl methyl sites for hydroxylation is 1. The molecule has 1 aromatic carbocycles. The van der Waals surface area contributed by atoms with E-state index in [9.17, 15) is 4.79 Å². The number of hydrogen-bond acceptors (Lipinski definition) is 2. The van der Waals surface area contributed by atoms with Crippen molar-refractivity contribution in [2.24, 2.45) is 0 Å². The largest absolute Gasteiger partial charge is 0.288 e. The monoisotopic (exact) mass is 309 g/mol. The molecule has 0 aliphatic heterocycles. The topological polar surface area (TPSA) is 30.0 Å². The summed E-state index contributed by atoms with van der Waals surface area (Å²) in [4.78, 5) is 16.3. The van der Waals surface area contributed by atoms with Crippen LogP contribution in [-0.2, 0) is 0 Å². The predicted molar refractivity (Wildman–Crippen MR) is 71.6 cm³/mol. The molecule has 4 heteroatoms. The maximum absolute atomic E-state index is 12.2. The zero-order valence-electron chi connectivity index (χ0n) is 9.08. The van der Waals surface area contributed by atoms with Crippen molar-refractivity contribution < 1.29 is 4.79 Å². The van der Waals surface area contributed by atoms with Crippen LogP contribution in [0.4, 0.5) is 0 Å². The first-order valence-corrected chi connectivity index (χ1v) is 6.17.